The molecule has 3 aliphatic rings. The van der Waals surface area contributed by atoms with Crippen molar-refractivity contribution in [1.29, 1.82) is 0 Å². The van der Waals surface area contributed by atoms with Crippen molar-refractivity contribution in [3.8, 4) is 11.5 Å². The Hall–Kier alpha value is -2.58. The third kappa shape index (κ3) is 4.59. The lowest BCUT2D eigenvalue weighted by Crippen LogP contribution is -2.39. The van der Waals surface area contributed by atoms with Crippen LogP contribution in [0.5, 0.6) is 11.5 Å². The van der Waals surface area contributed by atoms with Crippen molar-refractivity contribution in [2.24, 2.45) is 0 Å². The number of nitrogens with one attached hydrogen (secondary N) is 2. The van der Waals surface area contributed by atoms with E-state index in [-0.39, 0.29) is 22.3 Å². The number of amides is 1. The number of sulfonamides is 1. The molecule has 0 unspecified atom stereocenters. The van der Waals surface area contributed by atoms with Gasteiger partial charge >= 0.3 is 0 Å². The van der Waals surface area contributed by atoms with E-state index in [1.165, 1.54) is 6.07 Å². The van der Waals surface area contributed by atoms with Crippen LogP contribution in [0.3, 0.4) is 0 Å². The highest BCUT2D eigenvalue weighted by molar-refractivity contribution is 7.89. The molecule has 0 bridgehead atoms. The van der Waals surface area contributed by atoms with Gasteiger partial charge in [-0.25, -0.2) is 13.1 Å². The molecule has 1 amide bonds. The molecule has 0 spiro atoms. The summed E-state index contributed by atoms with van der Waals surface area (Å²) in [5.41, 5.74) is 2.12. The fourth-order valence-electron chi connectivity index (χ4n) is 4.84. The van der Waals surface area contributed by atoms with Crippen molar-refractivity contribution in [3.05, 3.63) is 53.1 Å². The lowest BCUT2D eigenvalue weighted by atomic mass is 9.78. The molecule has 0 saturated heterocycles. The summed E-state index contributed by atoms with van der Waals surface area (Å²) in [7, 11) is -3.62. The van der Waals surface area contributed by atoms with Gasteiger partial charge in [-0.05, 0) is 68.0 Å². The summed E-state index contributed by atoms with van der Waals surface area (Å²) < 4.78 is 39.4. The van der Waals surface area contributed by atoms with Crippen LogP contribution in [-0.4, -0.2) is 40.1 Å². The zero-order valence-electron chi connectivity index (χ0n) is 18.9. The van der Waals surface area contributed by atoms with Crippen LogP contribution in [-0.2, 0) is 15.4 Å². The first-order chi connectivity index (χ1) is 15.9. The Morgan fingerprint density at radius 1 is 1.03 bits per heavy atom. The number of hydrogen-bond donors (Lipinski definition) is 2. The molecule has 0 radical (unpaired) electrons. The van der Waals surface area contributed by atoms with Gasteiger partial charge in [0.15, 0.2) is 11.5 Å². The van der Waals surface area contributed by atoms with E-state index < -0.39 is 10.0 Å². The van der Waals surface area contributed by atoms with Crippen molar-refractivity contribution in [2.45, 2.75) is 61.8 Å². The van der Waals surface area contributed by atoms with Gasteiger partial charge in [-0.2, -0.15) is 0 Å². The molecular formula is C25H30N2O5S. The van der Waals surface area contributed by atoms with Gasteiger partial charge in [0, 0.05) is 23.6 Å². The molecule has 8 heteroatoms. The van der Waals surface area contributed by atoms with Gasteiger partial charge in [0.05, 0.1) is 4.90 Å². The highest BCUT2D eigenvalue weighted by Crippen LogP contribution is 2.44. The Morgan fingerprint density at radius 2 is 1.76 bits per heavy atom. The predicted octanol–water partition coefficient (Wildman–Crippen LogP) is 3.45. The number of aryl methyl sites for hydroxylation is 1. The highest BCUT2D eigenvalue weighted by Gasteiger charge is 2.37. The number of benzene rings is 2. The highest BCUT2D eigenvalue weighted by atomic mass is 32.2. The normalized spacial score (nSPS) is 19.3. The summed E-state index contributed by atoms with van der Waals surface area (Å²) in [6.07, 6.45) is 5.88. The maximum Gasteiger partial charge on any atom is 0.251 e. The van der Waals surface area contributed by atoms with E-state index in [0.717, 1.165) is 61.2 Å². The quantitative estimate of drug-likeness (QED) is 0.647. The van der Waals surface area contributed by atoms with Crippen LogP contribution in [0.2, 0.25) is 0 Å². The average molecular weight is 471 g/mol. The van der Waals surface area contributed by atoms with Crippen molar-refractivity contribution >= 4 is 15.9 Å². The van der Waals surface area contributed by atoms with E-state index >= 15 is 0 Å². The minimum Gasteiger partial charge on any atom is -0.486 e. The van der Waals surface area contributed by atoms with Gasteiger partial charge in [-0.15, -0.1) is 0 Å². The molecular weight excluding hydrogens is 440 g/mol. The van der Waals surface area contributed by atoms with E-state index in [0.29, 0.717) is 25.3 Å². The first-order valence-corrected chi connectivity index (χ1v) is 13.2. The van der Waals surface area contributed by atoms with E-state index in [1.807, 2.05) is 19.1 Å². The smallest absolute Gasteiger partial charge is 0.251 e. The molecule has 7 nitrogen and oxygen atoms in total. The Labute approximate surface area is 194 Å². The molecule has 2 N–H and O–H groups in total. The van der Waals surface area contributed by atoms with Crippen molar-refractivity contribution in [1.82, 2.24) is 10.0 Å². The van der Waals surface area contributed by atoms with Crippen LogP contribution in [0.1, 0.15) is 60.0 Å². The van der Waals surface area contributed by atoms with Crippen LogP contribution in [0.15, 0.2) is 41.3 Å². The summed E-state index contributed by atoms with van der Waals surface area (Å²) in [6, 6.07) is 10.8. The lowest BCUT2D eigenvalue weighted by molar-refractivity contribution is 0.0942. The fraction of sp³-hybridized carbons (Fsp3) is 0.480. The number of rotatable bonds is 7. The zero-order valence-corrected chi connectivity index (χ0v) is 19.7. The van der Waals surface area contributed by atoms with Crippen molar-refractivity contribution in [2.75, 3.05) is 19.8 Å². The molecule has 0 aromatic heterocycles. The van der Waals surface area contributed by atoms with E-state index in [2.05, 4.69) is 16.1 Å². The van der Waals surface area contributed by atoms with E-state index in [9.17, 15) is 13.2 Å². The molecule has 0 atom stereocenters. The number of carbonyl (C=O) groups is 1. The molecule has 2 aromatic rings. The number of fused-ring (bicyclic) bond motifs is 1. The summed E-state index contributed by atoms with van der Waals surface area (Å²) in [6.45, 7) is 3.40. The summed E-state index contributed by atoms with van der Waals surface area (Å²) in [5.74, 6) is 1.27. The average Bonchev–Trinajstić information content (AvgIpc) is 3.48. The molecule has 33 heavy (non-hydrogen) atoms. The first kappa shape index (κ1) is 22.2. The second-order valence-electron chi connectivity index (χ2n) is 9.40. The maximum absolute atomic E-state index is 13.2. The second kappa shape index (κ2) is 8.65. The first-order valence-electron chi connectivity index (χ1n) is 11.7. The number of ether oxygens (including phenoxy) is 2. The Balaban J connectivity index is 1.35. The van der Waals surface area contributed by atoms with Gasteiger partial charge in [0.25, 0.3) is 5.91 Å². The Kier molecular flexibility index (Phi) is 5.82. The molecule has 2 fully saturated rings. The predicted molar refractivity (Wildman–Crippen MR) is 124 cm³/mol. The summed E-state index contributed by atoms with van der Waals surface area (Å²) in [5, 5.41) is 3.11. The Morgan fingerprint density at radius 3 is 2.48 bits per heavy atom. The van der Waals surface area contributed by atoms with Gasteiger partial charge in [-0.3, -0.25) is 4.79 Å². The van der Waals surface area contributed by atoms with Gasteiger partial charge in [0.2, 0.25) is 10.0 Å². The minimum absolute atomic E-state index is 0.0156. The Bertz CT molecular complexity index is 1170. The zero-order chi connectivity index (χ0) is 23.1. The van der Waals surface area contributed by atoms with Crippen LogP contribution in [0.4, 0.5) is 0 Å². The van der Waals surface area contributed by atoms with Gasteiger partial charge in [0.1, 0.15) is 13.2 Å². The maximum atomic E-state index is 13.2. The van der Waals surface area contributed by atoms with Crippen molar-refractivity contribution < 1.29 is 22.7 Å². The van der Waals surface area contributed by atoms with Crippen LogP contribution in [0, 0.1) is 6.92 Å². The van der Waals surface area contributed by atoms with Gasteiger partial charge in [-0.1, -0.05) is 25.0 Å². The van der Waals surface area contributed by atoms with E-state index in [4.69, 9.17) is 9.47 Å². The molecule has 1 aliphatic heterocycles. The van der Waals surface area contributed by atoms with Crippen LogP contribution >= 0.6 is 0 Å². The molecule has 2 saturated carbocycles. The lowest BCUT2D eigenvalue weighted by Gasteiger charge is -2.31. The minimum atomic E-state index is -3.62. The monoisotopic (exact) mass is 470 g/mol. The topological polar surface area (TPSA) is 93.7 Å². The number of carbonyl (C=O) groups excluding carboxylic acids is 1. The van der Waals surface area contributed by atoms with Crippen molar-refractivity contribution in [3.63, 3.8) is 0 Å². The molecule has 5 rings (SSSR count). The summed E-state index contributed by atoms with van der Waals surface area (Å²) in [4.78, 5) is 13.3. The SMILES string of the molecule is Cc1ccc(S(=O)(=O)NC2CC2)cc1C(=O)NCC1(c2ccc3c(c2)OCCO3)CCCC1. The molecule has 1 heterocycles. The molecule has 2 aromatic carbocycles. The van der Waals surface area contributed by atoms with E-state index in [1.54, 1.807) is 12.1 Å². The third-order valence-electron chi connectivity index (χ3n) is 6.97. The van der Waals surface area contributed by atoms with Crippen LogP contribution in [0.25, 0.3) is 0 Å². The number of hydrogen-bond acceptors (Lipinski definition) is 5. The molecule has 2 aliphatic carbocycles. The van der Waals surface area contributed by atoms with Gasteiger partial charge < -0.3 is 14.8 Å². The summed E-state index contributed by atoms with van der Waals surface area (Å²) >= 11 is 0. The fourth-order valence-corrected chi connectivity index (χ4v) is 6.17. The standard InChI is InChI=1S/C25H30N2O5S/c1-17-4-8-20(33(29,30)27-19-6-7-19)15-21(17)24(28)26-16-25(10-2-3-11-25)18-5-9-22-23(14-18)32-13-12-31-22/h4-5,8-9,14-15,19,27H,2-3,6-7,10-13,16H2,1H3,(H,26,28). The second-order valence-corrected chi connectivity index (χ2v) is 11.1. The van der Waals surface area contributed by atoms with Crippen LogP contribution < -0.4 is 19.5 Å². The largest absolute Gasteiger partial charge is 0.486 e. The third-order valence-corrected chi connectivity index (χ3v) is 8.48. The molecule has 176 valence electrons.